The summed E-state index contributed by atoms with van der Waals surface area (Å²) in [4.78, 5) is 16.2. The molecule has 0 radical (unpaired) electrons. The van der Waals surface area contributed by atoms with Gasteiger partial charge in [-0.15, -0.1) is 0 Å². The van der Waals surface area contributed by atoms with Crippen LogP contribution >= 0.6 is 0 Å². The smallest absolute Gasteiger partial charge is 0.252 e. The van der Waals surface area contributed by atoms with Gasteiger partial charge in [-0.25, -0.2) is 4.39 Å². The van der Waals surface area contributed by atoms with E-state index in [0.717, 1.165) is 19.4 Å². The van der Waals surface area contributed by atoms with Crippen molar-refractivity contribution in [1.82, 2.24) is 10.3 Å². The Balaban J connectivity index is 1.73. The second-order valence-corrected chi connectivity index (χ2v) is 5.29. The van der Waals surface area contributed by atoms with Crippen LogP contribution in [0.15, 0.2) is 42.7 Å². The van der Waals surface area contributed by atoms with Crippen LogP contribution in [0.3, 0.4) is 0 Å². The Morgan fingerprint density at radius 2 is 2.23 bits per heavy atom. The quantitative estimate of drug-likeness (QED) is 0.944. The van der Waals surface area contributed by atoms with Crippen molar-refractivity contribution >= 4 is 5.91 Å². The zero-order chi connectivity index (χ0) is 15.4. The van der Waals surface area contributed by atoms with Gasteiger partial charge >= 0.3 is 0 Å². The molecule has 0 saturated carbocycles. The number of aromatic nitrogens is 1. The highest BCUT2D eigenvalue weighted by Crippen LogP contribution is 2.22. The minimum Gasteiger partial charge on any atom is -0.376 e. The van der Waals surface area contributed by atoms with Crippen LogP contribution in [0.4, 0.5) is 4.39 Å². The van der Waals surface area contributed by atoms with Gasteiger partial charge in [-0.1, -0.05) is 18.2 Å². The van der Waals surface area contributed by atoms with E-state index >= 15 is 0 Å². The maximum Gasteiger partial charge on any atom is 0.252 e. The van der Waals surface area contributed by atoms with Crippen molar-refractivity contribution in [3.8, 4) is 11.1 Å². The lowest BCUT2D eigenvalue weighted by atomic mass is 10.1. The molecule has 1 saturated heterocycles. The molecule has 1 aliphatic heterocycles. The molecule has 22 heavy (non-hydrogen) atoms. The lowest BCUT2D eigenvalue weighted by Crippen LogP contribution is -2.31. The van der Waals surface area contributed by atoms with Crippen LogP contribution in [0.5, 0.6) is 0 Å². The van der Waals surface area contributed by atoms with Crippen LogP contribution in [-0.2, 0) is 4.74 Å². The molecular weight excluding hydrogens is 283 g/mol. The molecule has 0 spiro atoms. The lowest BCUT2D eigenvalue weighted by Gasteiger charge is -2.11. The second-order valence-electron chi connectivity index (χ2n) is 5.29. The van der Waals surface area contributed by atoms with Gasteiger partial charge < -0.3 is 10.1 Å². The third-order valence-electron chi connectivity index (χ3n) is 3.70. The molecule has 114 valence electrons. The molecule has 1 N–H and O–H groups in total. The van der Waals surface area contributed by atoms with Gasteiger partial charge in [0.15, 0.2) is 0 Å². The zero-order valence-corrected chi connectivity index (χ0v) is 12.1. The van der Waals surface area contributed by atoms with Crippen LogP contribution in [0.2, 0.25) is 0 Å². The van der Waals surface area contributed by atoms with E-state index in [1.165, 1.54) is 12.3 Å². The van der Waals surface area contributed by atoms with Crippen molar-refractivity contribution in [3.63, 3.8) is 0 Å². The van der Waals surface area contributed by atoms with Gasteiger partial charge in [0.25, 0.3) is 5.91 Å². The number of hydrogen-bond donors (Lipinski definition) is 1. The average molecular weight is 300 g/mol. The van der Waals surface area contributed by atoms with Gasteiger partial charge in [0, 0.05) is 36.7 Å². The van der Waals surface area contributed by atoms with Gasteiger partial charge in [-0.2, -0.15) is 0 Å². The Bertz CT molecular complexity index is 669. The van der Waals surface area contributed by atoms with Crippen LogP contribution in [-0.4, -0.2) is 30.1 Å². The number of benzene rings is 1. The molecule has 0 aliphatic carbocycles. The summed E-state index contributed by atoms with van der Waals surface area (Å²) in [5, 5.41) is 2.84. The maximum atomic E-state index is 13.8. The van der Waals surface area contributed by atoms with E-state index in [1.54, 1.807) is 30.5 Å². The summed E-state index contributed by atoms with van der Waals surface area (Å²) in [6.07, 6.45) is 5.12. The van der Waals surface area contributed by atoms with Crippen LogP contribution in [0, 0.1) is 5.82 Å². The molecule has 1 atom stereocenters. The fourth-order valence-corrected chi connectivity index (χ4v) is 2.52. The maximum absolute atomic E-state index is 13.8. The average Bonchev–Trinajstić information content (AvgIpc) is 3.06. The third-order valence-corrected chi connectivity index (χ3v) is 3.70. The van der Waals surface area contributed by atoms with E-state index in [1.807, 2.05) is 0 Å². The summed E-state index contributed by atoms with van der Waals surface area (Å²) in [5.41, 5.74) is 1.44. The Kier molecular flexibility index (Phi) is 4.44. The van der Waals surface area contributed by atoms with E-state index in [9.17, 15) is 9.18 Å². The van der Waals surface area contributed by atoms with Crippen LogP contribution in [0.25, 0.3) is 11.1 Å². The molecule has 4 nitrogen and oxygen atoms in total. The topological polar surface area (TPSA) is 51.2 Å². The number of nitrogens with zero attached hydrogens (tertiary/aromatic N) is 1. The van der Waals surface area contributed by atoms with Gasteiger partial charge in [-0.3, -0.25) is 9.78 Å². The number of amides is 1. The molecule has 1 amide bonds. The largest absolute Gasteiger partial charge is 0.376 e. The number of carbonyl (C=O) groups is 1. The first-order chi connectivity index (χ1) is 10.7. The Labute approximate surface area is 128 Å². The SMILES string of the molecule is O=C(NC[C@@H]1CCCO1)c1cncc(-c2ccccc2F)c1. The summed E-state index contributed by atoms with van der Waals surface area (Å²) in [6, 6.07) is 8.09. The first-order valence-corrected chi connectivity index (χ1v) is 7.34. The fraction of sp³-hybridized carbons (Fsp3) is 0.294. The predicted molar refractivity (Wildman–Crippen MR) is 80.9 cm³/mol. The van der Waals surface area contributed by atoms with E-state index < -0.39 is 0 Å². The standard InChI is InChI=1S/C17H17FN2O2/c18-16-6-2-1-5-15(16)12-8-13(10-19-9-12)17(21)20-11-14-4-3-7-22-14/h1-2,5-6,8-10,14H,3-4,7,11H2,(H,20,21)/t14-/m0/s1. The molecule has 3 rings (SSSR count). The summed E-state index contributed by atoms with van der Waals surface area (Å²) in [6.45, 7) is 1.24. The van der Waals surface area contributed by atoms with Crippen molar-refractivity contribution in [2.24, 2.45) is 0 Å². The minimum atomic E-state index is -0.332. The Morgan fingerprint density at radius 3 is 3.00 bits per heavy atom. The molecule has 5 heteroatoms. The molecule has 2 aromatic rings. The fourth-order valence-electron chi connectivity index (χ4n) is 2.52. The van der Waals surface area contributed by atoms with Crippen molar-refractivity contribution in [3.05, 3.63) is 54.1 Å². The van der Waals surface area contributed by atoms with Gasteiger partial charge in [-0.05, 0) is 25.0 Å². The van der Waals surface area contributed by atoms with E-state index in [0.29, 0.717) is 23.2 Å². The van der Waals surface area contributed by atoms with E-state index in [-0.39, 0.29) is 17.8 Å². The number of halogens is 1. The molecule has 2 heterocycles. The molecule has 0 bridgehead atoms. The molecular formula is C17H17FN2O2. The Morgan fingerprint density at radius 1 is 1.36 bits per heavy atom. The zero-order valence-electron chi connectivity index (χ0n) is 12.1. The van der Waals surface area contributed by atoms with E-state index in [4.69, 9.17) is 4.74 Å². The summed E-state index contributed by atoms with van der Waals surface area (Å²) in [5.74, 6) is -0.553. The van der Waals surface area contributed by atoms with Gasteiger partial charge in [0.05, 0.1) is 11.7 Å². The van der Waals surface area contributed by atoms with Gasteiger partial charge in [0.1, 0.15) is 5.82 Å². The molecule has 1 aromatic carbocycles. The molecule has 1 aromatic heterocycles. The monoisotopic (exact) mass is 300 g/mol. The number of hydrogen-bond acceptors (Lipinski definition) is 3. The first kappa shape index (κ1) is 14.7. The third kappa shape index (κ3) is 3.31. The van der Waals surface area contributed by atoms with Crippen LogP contribution < -0.4 is 5.32 Å². The minimum absolute atomic E-state index is 0.0895. The van der Waals surface area contributed by atoms with E-state index in [2.05, 4.69) is 10.3 Å². The first-order valence-electron chi connectivity index (χ1n) is 7.34. The number of ether oxygens (including phenoxy) is 1. The van der Waals surface area contributed by atoms with Crippen molar-refractivity contribution in [2.75, 3.05) is 13.2 Å². The lowest BCUT2D eigenvalue weighted by molar-refractivity contribution is 0.0857. The highest BCUT2D eigenvalue weighted by atomic mass is 19.1. The van der Waals surface area contributed by atoms with Crippen molar-refractivity contribution in [1.29, 1.82) is 0 Å². The second kappa shape index (κ2) is 6.66. The number of pyridine rings is 1. The number of carbonyl (C=O) groups excluding carboxylic acids is 1. The number of nitrogens with one attached hydrogen (secondary N) is 1. The highest BCUT2D eigenvalue weighted by molar-refractivity contribution is 5.95. The van der Waals surface area contributed by atoms with Crippen molar-refractivity contribution in [2.45, 2.75) is 18.9 Å². The van der Waals surface area contributed by atoms with Gasteiger partial charge in [0.2, 0.25) is 0 Å². The highest BCUT2D eigenvalue weighted by Gasteiger charge is 2.17. The molecule has 0 unspecified atom stereocenters. The molecule has 1 aliphatic rings. The van der Waals surface area contributed by atoms with Crippen LogP contribution in [0.1, 0.15) is 23.2 Å². The Hall–Kier alpha value is -2.27. The summed E-state index contributed by atoms with van der Waals surface area (Å²) >= 11 is 0. The van der Waals surface area contributed by atoms with Crippen molar-refractivity contribution < 1.29 is 13.9 Å². The summed E-state index contributed by atoms with van der Waals surface area (Å²) in [7, 11) is 0. The molecule has 1 fully saturated rings. The number of rotatable bonds is 4. The predicted octanol–water partition coefficient (Wildman–Crippen LogP) is 2.80. The normalized spacial score (nSPS) is 17.4. The summed E-state index contributed by atoms with van der Waals surface area (Å²) < 4.78 is 19.3.